The number of ether oxygens (including phenoxy) is 2. The Morgan fingerprint density at radius 2 is 1.97 bits per heavy atom. The van der Waals surface area contributed by atoms with Crippen LogP contribution in [0.3, 0.4) is 0 Å². The second kappa shape index (κ2) is 10.0. The minimum Gasteiger partial charge on any atom is -0.459 e. The van der Waals surface area contributed by atoms with Gasteiger partial charge in [-0.05, 0) is 11.6 Å². The zero-order chi connectivity index (χ0) is 24.2. The Bertz CT molecular complexity index is 1090. The number of halogens is 2. The quantitative estimate of drug-likeness (QED) is 0.331. The summed E-state index contributed by atoms with van der Waals surface area (Å²) in [5.41, 5.74) is 4.83. The standard InChI is InChI=1S/C18H20F2N3O9P/c19-18(20)15(25)12(32-16(18)23-7-6-13(21)22-17(23)26)9-30-33(27,28)31-10-14(24)29-8-11-4-2-1-3-5-11/h1-7,12,15-16,25H,8-10H2,(H,27,28)(H2,21,22,26)/t12-,15-,16-/m1/s1. The average Bonchev–Trinajstić information content (AvgIpc) is 2.99. The fraction of sp³-hybridized carbons (Fsp3) is 0.389. The average molecular weight is 491 g/mol. The zero-order valence-electron chi connectivity index (χ0n) is 16.8. The number of benzene rings is 1. The molecule has 33 heavy (non-hydrogen) atoms. The summed E-state index contributed by atoms with van der Waals surface area (Å²) in [6, 6.07) is 9.68. The third kappa shape index (κ3) is 6.19. The molecule has 15 heteroatoms. The molecule has 1 fully saturated rings. The molecule has 0 saturated carbocycles. The number of aromatic nitrogens is 2. The van der Waals surface area contributed by atoms with Gasteiger partial charge in [0, 0.05) is 6.20 Å². The number of phosphoric acid groups is 1. The summed E-state index contributed by atoms with van der Waals surface area (Å²) in [4.78, 5) is 36.5. The third-order valence-corrected chi connectivity index (χ3v) is 5.40. The Hall–Kier alpha value is -2.74. The van der Waals surface area contributed by atoms with E-state index in [0.29, 0.717) is 10.1 Å². The van der Waals surface area contributed by atoms with Crippen LogP contribution >= 0.6 is 7.82 Å². The highest BCUT2D eigenvalue weighted by Crippen LogP contribution is 2.46. The van der Waals surface area contributed by atoms with Crippen molar-refractivity contribution in [2.24, 2.45) is 0 Å². The first-order valence-electron chi connectivity index (χ1n) is 9.37. The van der Waals surface area contributed by atoms with Gasteiger partial charge in [-0.15, -0.1) is 0 Å². The van der Waals surface area contributed by atoms with Gasteiger partial charge in [-0.25, -0.2) is 14.2 Å². The molecule has 0 aliphatic carbocycles. The van der Waals surface area contributed by atoms with Crippen molar-refractivity contribution in [2.75, 3.05) is 18.9 Å². The summed E-state index contributed by atoms with van der Waals surface area (Å²) >= 11 is 0. The second-order valence-corrected chi connectivity index (χ2v) is 8.33. The van der Waals surface area contributed by atoms with Gasteiger partial charge < -0.3 is 25.2 Å². The molecule has 3 rings (SSSR count). The molecule has 2 aromatic rings. The minimum absolute atomic E-state index is 0.0996. The molecule has 180 valence electrons. The molecule has 2 heterocycles. The van der Waals surface area contributed by atoms with Crippen LogP contribution in [0.25, 0.3) is 0 Å². The van der Waals surface area contributed by atoms with Crippen LogP contribution < -0.4 is 11.4 Å². The van der Waals surface area contributed by atoms with Gasteiger partial charge in [-0.2, -0.15) is 13.8 Å². The van der Waals surface area contributed by atoms with Gasteiger partial charge >= 0.3 is 25.4 Å². The van der Waals surface area contributed by atoms with E-state index >= 15 is 0 Å². The van der Waals surface area contributed by atoms with E-state index in [0.717, 1.165) is 12.3 Å². The zero-order valence-corrected chi connectivity index (χ0v) is 17.7. The van der Waals surface area contributed by atoms with Gasteiger partial charge in [0.15, 0.2) is 12.7 Å². The molecule has 0 bridgehead atoms. The highest BCUT2D eigenvalue weighted by atomic mass is 31.2. The molecule has 4 N–H and O–H groups in total. The number of hydrogen-bond donors (Lipinski definition) is 3. The SMILES string of the molecule is Nc1ccn([C@@H]2O[C@H](COP(=O)(O)OCC(=O)OCc3ccccc3)[C@@H](O)C2(F)F)c(=O)n1. The molecule has 1 aliphatic rings. The second-order valence-electron chi connectivity index (χ2n) is 6.87. The summed E-state index contributed by atoms with van der Waals surface area (Å²) in [6.07, 6.45) is -5.68. The molecule has 1 unspecified atom stereocenters. The molecule has 1 aliphatic heterocycles. The van der Waals surface area contributed by atoms with Crippen molar-refractivity contribution in [2.45, 2.75) is 31.0 Å². The number of aliphatic hydroxyl groups is 1. The monoisotopic (exact) mass is 491 g/mol. The first kappa shape index (κ1) is 24.9. The van der Waals surface area contributed by atoms with Crippen molar-refractivity contribution in [1.29, 1.82) is 0 Å². The Labute approximate surface area is 185 Å². The van der Waals surface area contributed by atoms with Gasteiger partial charge in [0.05, 0.1) is 6.61 Å². The predicted molar refractivity (Wildman–Crippen MR) is 106 cm³/mol. The Morgan fingerprint density at radius 1 is 1.27 bits per heavy atom. The fourth-order valence-corrected chi connectivity index (χ4v) is 3.51. The maximum absolute atomic E-state index is 14.4. The van der Waals surface area contributed by atoms with Crippen LogP contribution in [0, 0.1) is 0 Å². The van der Waals surface area contributed by atoms with Crippen molar-refractivity contribution in [3.8, 4) is 0 Å². The molecule has 1 aromatic carbocycles. The van der Waals surface area contributed by atoms with Gasteiger partial charge in [-0.3, -0.25) is 13.6 Å². The summed E-state index contributed by atoms with van der Waals surface area (Å²) in [6.45, 7) is -2.07. The number of rotatable bonds is 9. The molecule has 0 radical (unpaired) electrons. The number of alkyl halides is 2. The predicted octanol–water partition coefficient (Wildman–Crippen LogP) is 0.596. The van der Waals surface area contributed by atoms with Gasteiger partial charge in [-0.1, -0.05) is 30.3 Å². The lowest BCUT2D eigenvalue weighted by atomic mass is 10.1. The summed E-state index contributed by atoms with van der Waals surface area (Å²) < 4.78 is 60.2. The molecule has 0 spiro atoms. The van der Waals surface area contributed by atoms with Crippen molar-refractivity contribution in [1.82, 2.24) is 9.55 Å². The van der Waals surface area contributed by atoms with Gasteiger partial charge in [0.1, 0.15) is 18.5 Å². The smallest absolute Gasteiger partial charge is 0.459 e. The number of anilines is 1. The normalized spacial score (nSPS) is 23.7. The van der Waals surface area contributed by atoms with Crippen LogP contribution in [0.4, 0.5) is 14.6 Å². The largest absolute Gasteiger partial charge is 0.472 e. The van der Waals surface area contributed by atoms with Crippen LogP contribution in [0.2, 0.25) is 0 Å². The van der Waals surface area contributed by atoms with E-state index < -0.39 is 57.1 Å². The number of hydrogen-bond acceptors (Lipinski definition) is 10. The van der Waals surface area contributed by atoms with Crippen LogP contribution in [-0.2, 0) is 34.5 Å². The maximum atomic E-state index is 14.4. The first-order chi connectivity index (χ1) is 15.5. The van der Waals surface area contributed by atoms with E-state index in [1.807, 2.05) is 0 Å². The Balaban J connectivity index is 1.53. The lowest BCUT2D eigenvalue weighted by Crippen LogP contribution is -2.42. The van der Waals surface area contributed by atoms with E-state index in [2.05, 4.69) is 14.0 Å². The maximum Gasteiger partial charge on any atom is 0.472 e. The van der Waals surface area contributed by atoms with E-state index in [4.69, 9.17) is 15.2 Å². The topological polar surface area (TPSA) is 172 Å². The molecule has 1 aromatic heterocycles. The van der Waals surface area contributed by atoms with Crippen molar-refractivity contribution < 1.29 is 46.7 Å². The fourth-order valence-electron chi connectivity index (χ4n) is 2.83. The van der Waals surface area contributed by atoms with E-state index in [-0.39, 0.29) is 12.4 Å². The van der Waals surface area contributed by atoms with Crippen LogP contribution in [0.15, 0.2) is 47.4 Å². The lowest BCUT2D eigenvalue weighted by Gasteiger charge is -2.20. The van der Waals surface area contributed by atoms with E-state index in [9.17, 15) is 32.9 Å². The van der Waals surface area contributed by atoms with Crippen molar-refractivity contribution in [3.05, 3.63) is 58.6 Å². The Kier molecular flexibility index (Phi) is 7.57. The molecular formula is C18H20F2N3O9P. The van der Waals surface area contributed by atoms with E-state index in [1.54, 1.807) is 30.3 Å². The number of carbonyl (C=O) groups excluding carboxylic acids is 1. The number of carbonyl (C=O) groups is 1. The minimum atomic E-state index is -4.90. The Morgan fingerprint density at radius 3 is 2.64 bits per heavy atom. The molecule has 12 nitrogen and oxygen atoms in total. The number of aliphatic hydroxyl groups excluding tert-OH is 1. The number of phosphoric ester groups is 1. The summed E-state index contributed by atoms with van der Waals surface area (Å²) in [5.74, 6) is -5.16. The number of nitrogens with two attached hydrogens (primary N) is 1. The number of nitrogens with zero attached hydrogens (tertiary/aromatic N) is 2. The van der Waals surface area contributed by atoms with Crippen molar-refractivity contribution >= 4 is 19.6 Å². The van der Waals surface area contributed by atoms with Crippen LogP contribution in [0.5, 0.6) is 0 Å². The molecule has 4 atom stereocenters. The van der Waals surface area contributed by atoms with Gasteiger partial charge in [0.25, 0.3) is 0 Å². The van der Waals surface area contributed by atoms with Crippen molar-refractivity contribution in [3.63, 3.8) is 0 Å². The van der Waals surface area contributed by atoms with E-state index in [1.165, 1.54) is 0 Å². The highest BCUT2D eigenvalue weighted by molar-refractivity contribution is 7.47. The third-order valence-electron chi connectivity index (χ3n) is 4.47. The van der Waals surface area contributed by atoms with Crippen LogP contribution in [-0.4, -0.2) is 56.9 Å². The number of nitrogen functional groups attached to an aromatic ring is 1. The van der Waals surface area contributed by atoms with Gasteiger partial charge in [0.2, 0.25) is 6.23 Å². The molecule has 1 saturated heterocycles. The highest BCUT2D eigenvalue weighted by Gasteiger charge is 2.60. The first-order valence-corrected chi connectivity index (χ1v) is 10.9. The summed E-state index contributed by atoms with van der Waals surface area (Å²) in [7, 11) is -4.90. The van der Waals surface area contributed by atoms with Crippen LogP contribution in [0.1, 0.15) is 11.8 Å². The lowest BCUT2D eigenvalue weighted by molar-refractivity contribution is -0.148. The number of esters is 1. The molecule has 0 amide bonds. The summed E-state index contributed by atoms with van der Waals surface area (Å²) in [5, 5.41) is 9.89. The molecular weight excluding hydrogens is 471 g/mol.